The summed E-state index contributed by atoms with van der Waals surface area (Å²) < 4.78 is 10.6. The first kappa shape index (κ1) is 18.4. The minimum Gasteiger partial charge on any atom is -0.454 e. The zero-order valence-electron chi connectivity index (χ0n) is 13.9. The Kier molecular flexibility index (Phi) is 5.54. The number of anilines is 2. The maximum absolute atomic E-state index is 12.3. The van der Waals surface area contributed by atoms with Gasteiger partial charge in [-0.25, -0.2) is 0 Å². The van der Waals surface area contributed by atoms with E-state index in [2.05, 4.69) is 5.32 Å². The van der Waals surface area contributed by atoms with E-state index in [4.69, 9.17) is 32.7 Å². The molecule has 8 heteroatoms. The van der Waals surface area contributed by atoms with Crippen LogP contribution in [0, 0.1) is 0 Å². The zero-order valence-corrected chi connectivity index (χ0v) is 15.4. The summed E-state index contributed by atoms with van der Waals surface area (Å²) in [6.45, 7) is 1.79. The van der Waals surface area contributed by atoms with Gasteiger partial charge in [0, 0.05) is 31.6 Å². The lowest BCUT2D eigenvalue weighted by Crippen LogP contribution is -2.32. The molecule has 6 nitrogen and oxygen atoms in total. The van der Waals surface area contributed by atoms with E-state index < -0.39 is 0 Å². The highest BCUT2D eigenvalue weighted by atomic mass is 35.5. The van der Waals surface area contributed by atoms with Gasteiger partial charge in [0.1, 0.15) is 0 Å². The van der Waals surface area contributed by atoms with Gasteiger partial charge in [-0.3, -0.25) is 9.59 Å². The largest absolute Gasteiger partial charge is 0.454 e. The molecule has 0 fully saturated rings. The van der Waals surface area contributed by atoms with Gasteiger partial charge in [0.25, 0.3) is 0 Å². The van der Waals surface area contributed by atoms with Gasteiger partial charge in [0.05, 0.1) is 15.7 Å². The van der Waals surface area contributed by atoms with E-state index in [1.54, 1.807) is 36.4 Å². The first-order valence-electron chi connectivity index (χ1n) is 7.87. The summed E-state index contributed by atoms with van der Waals surface area (Å²) in [5.74, 6) is 0.712. The minimum atomic E-state index is -0.299. The Hall–Kier alpha value is -2.44. The highest BCUT2D eigenvalue weighted by molar-refractivity contribution is 6.39. The lowest BCUT2D eigenvalue weighted by molar-refractivity contribution is -0.117. The normalized spacial score (nSPS) is 12.0. The van der Waals surface area contributed by atoms with Crippen molar-refractivity contribution in [2.75, 3.05) is 23.6 Å². The van der Waals surface area contributed by atoms with Crippen LogP contribution in [0.2, 0.25) is 10.0 Å². The topological polar surface area (TPSA) is 67.9 Å². The maximum atomic E-state index is 12.3. The standard InChI is InChI=1S/C18H16Cl2N2O4/c1-11(23)22(12-5-6-15-16(9-12)26-10-25-15)8-7-17(24)21-18-13(19)3-2-4-14(18)20/h2-6,9H,7-8,10H2,1H3,(H,21,24). The molecule has 2 aromatic rings. The number of ether oxygens (including phenoxy) is 2. The summed E-state index contributed by atoms with van der Waals surface area (Å²) in [5.41, 5.74) is 0.989. The fourth-order valence-corrected chi connectivity index (χ4v) is 3.05. The van der Waals surface area contributed by atoms with Crippen molar-refractivity contribution >= 4 is 46.4 Å². The Labute approximate surface area is 160 Å². The molecule has 0 saturated heterocycles. The van der Waals surface area contributed by atoms with Gasteiger partial charge in [-0.15, -0.1) is 0 Å². The highest BCUT2D eigenvalue weighted by Crippen LogP contribution is 2.35. The zero-order chi connectivity index (χ0) is 18.7. The van der Waals surface area contributed by atoms with E-state index in [9.17, 15) is 9.59 Å². The monoisotopic (exact) mass is 394 g/mol. The Bertz CT molecular complexity index is 837. The Balaban J connectivity index is 1.67. The Morgan fingerprint density at radius 3 is 2.50 bits per heavy atom. The fourth-order valence-electron chi connectivity index (χ4n) is 2.55. The highest BCUT2D eigenvalue weighted by Gasteiger charge is 2.19. The van der Waals surface area contributed by atoms with Crippen molar-refractivity contribution in [3.8, 4) is 11.5 Å². The fraction of sp³-hybridized carbons (Fsp3) is 0.222. The predicted octanol–water partition coefficient (Wildman–Crippen LogP) is 4.10. The van der Waals surface area contributed by atoms with Crippen LogP contribution in [-0.4, -0.2) is 25.2 Å². The number of para-hydroxylation sites is 1. The van der Waals surface area contributed by atoms with Crippen LogP contribution < -0.4 is 19.7 Å². The smallest absolute Gasteiger partial charge is 0.231 e. The molecular weight excluding hydrogens is 379 g/mol. The number of benzene rings is 2. The molecule has 0 aliphatic carbocycles. The molecule has 136 valence electrons. The molecule has 0 saturated carbocycles. The van der Waals surface area contributed by atoms with Crippen molar-refractivity contribution in [3.05, 3.63) is 46.4 Å². The molecule has 0 radical (unpaired) electrons. The molecule has 3 rings (SSSR count). The molecule has 0 spiro atoms. The third kappa shape index (κ3) is 4.03. The van der Waals surface area contributed by atoms with Gasteiger partial charge in [-0.1, -0.05) is 29.3 Å². The van der Waals surface area contributed by atoms with Crippen molar-refractivity contribution in [2.24, 2.45) is 0 Å². The summed E-state index contributed by atoms with van der Waals surface area (Å²) >= 11 is 12.1. The lowest BCUT2D eigenvalue weighted by Gasteiger charge is -2.21. The number of carbonyl (C=O) groups is 2. The van der Waals surface area contributed by atoms with Gasteiger partial charge in [-0.05, 0) is 24.3 Å². The molecule has 1 heterocycles. The van der Waals surface area contributed by atoms with E-state index in [1.165, 1.54) is 11.8 Å². The molecule has 1 aliphatic rings. The molecule has 1 N–H and O–H groups in total. The number of halogens is 2. The predicted molar refractivity (Wildman–Crippen MR) is 100 cm³/mol. The van der Waals surface area contributed by atoms with Crippen molar-refractivity contribution in [2.45, 2.75) is 13.3 Å². The lowest BCUT2D eigenvalue weighted by atomic mass is 10.2. The molecular formula is C18H16Cl2N2O4. The second-order valence-electron chi connectivity index (χ2n) is 5.60. The summed E-state index contributed by atoms with van der Waals surface area (Å²) in [4.78, 5) is 25.8. The molecule has 0 atom stereocenters. The summed E-state index contributed by atoms with van der Waals surface area (Å²) in [5, 5.41) is 3.38. The second kappa shape index (κ2) is 7.85. The first-order chi connectivity index (χ1) is 12.5. The SMILES string of the molecule is CC(=O)N(CCC(=O)Nc1c(Cl)cccc1Cl)c1ccc2c(c1)OCO2. The van der Waals surface area contributed by atoms with Crippen LogP contribution in [0.4, 0.5) is 11.4 Å². The van der Waals surface area contributed by atoms with E-state index >= 15 is 0 Å². The number of carbonyl (C=O) groups excluding carboxylic acids is 2. The number of hydrogen-bond donors (Lipinski definition) is 1. The first-order valence-corrected chi connectivity index (χ1v) is 8.63. The molecule has 0 bridgehead atoms. The van der Waals surface area contributed by atoms with E-state index in [0.29, 0.717) is 32.9 Å². The van der Waals surface area contributed by atoms with Gasteiger partial charge < -0.3 is 19.7 Å². The van der Waals surface area contributed by atoms with Crippen LogP contribution in [-0.2, 0) is 9.59 Å². The molecule has 1 aliphatic heterocycles. The molecule has 0 unspecified atom stereocenters. The number of hydrogen-bond acceptors (Lipinski definition) is 4. The quantitative estimate of drug-likeness (QED) is 0.828. The van der Waals surface area contributed by atoms with Gasteiger partial charge in [0.15, 0.2) is 11.5 Å². The Morgan fingerprint density at radius 2 is 1.81 bits per heavy atom. The average Bonchev–Trinajstić information content (AvgIpc) is 3.06. The number of nitrogens with zero attached hydrogens (tertiary/aromatic N) is 1. The van der Waals surface area contributed by atoms with Crippen molar-refractivity contribution < 1.29 is 19.1 Å². The molecule has 0 aromatic heterocycles. The van der Waals surface area contributed by atoms with E-state index in [0.717, 1.165) is 0 Å². The van der Waals surface area contributed by atoms with E-state index in [-0.39, 0.29) is 31.6 Å². The van der Waals surface area contributed by atoms with E-state index in [1.807, 2.05) is 0 Å². The summed E-state index contributed by atoms with van der Waals surface area (Å²) in [7, 11) is 0. The number of nitrogens with one attached hydrogen (secondary N) is 1. The van der Waals surface area contributed by atoms with Crippen molar-refractivity contribution in [1.82, 2.24) is 0 Å². The number of fused-ring (bicyclic) bond motifs is 1. The van der Waals surface area contributed by atoms with Crippen LogP contribution in [0.15, 0.2) is 36.4 Å². The number of amides is 2. The molecule has 2 aromatic carbocycles. The van der Waals surface area contributed by atoms with Gasteiger partial charge >= 0.3 is 0 Å². The summed E-state index contributed by atoms with van der Waals surface area (Å²) in [6, 6.07) is 10.2. The van der Waals surface area contributed by atoms with Crippen LogP contribution in [0.5, 0.6) is 11.5 Å². The Morgan fingerprint density at radius 1 is 1.12 bits per heavy atom. The third-order valence-electron chi connectivity index (χ3n) is 3.84. The minimum absolute atomic E-state index is 0.0789. The number of rotatable bonds is 5. The molecule has 26 heavy (non-hydrogen) atoms. The van der Waals surface area contributed by atoms with Crippen LogP contribution in [0.25, 0.3) is 0 Å². The maximum Gasteiger partial charge on any atom is 0.231 e. The van der Waals surface area contributed by atoms with Crippen LogP contribution >= 0.6 is 23.2 Å². The van der Waals surface area contributed by atoms with Gasteiger partial charge in [-0.2, -0.15) is 0 Å². The van der Waals surface area contributed by atoms with Crippen molar-refractivity contribution in [1.29, 1.82) is 0 Å². The van der Waals surface area contributed by atoms with Gasteiger partial charge in [0.2, 0.25) is 18.6 Å². The van der Waals surface area contributed by atoms with Crippen LogP contribution in [0.3, 0.4) is 0 Å². The summed E-state index contributed by atoms with van der Waals surface area (Å²) in [6.07, 6.45) is 0.0789. The van der Waals surface area contributed by atoms with Crippen molar-refractivity contribution in [3.63, 3.8) is 0 Å². The second-order valence-corrected chi connectivity index (χ2v) is 6.42. The van der Waals surface area contributed by atoms with Crippen LogP contribution in [0.1, 0.15) is 13.3 Å². The average molecular weight is 395 g/mol. The third-order valence-corrected chi connectivity index (χ3v) is 4.47. The molecule has 2 amide bonds.